The number of carbonyl (C=O) groups excluding carboxylic acids is 1. The minimum Gasteiger partial charge on any atom is -0.342 e. The van der Waals surface area contributed by atoms with Crippen LogP contribution in [0.4, 0.5) is 0 Å². The number of thioether (sulfide) groups is 1. The first-order valence-corrected chi connectivity index (χ1v) is 9.89. The summed E-state index contributed by atoms with van der Waals surface area (Å²) in [5.74, 6) is 1.42. The molecule has 5 nitrogen and oxygen atoms in total. The Kier molecular flexibility index (Phi) is 5.78. The number of benzene rings is 1. The van der Waals surface area contributed by atoms with E-state index in [9.17, 15) is 4.79 Å². The van der Waals surface area contributed by atoms with E-state index >= 15 is 0 Å². The number of aromatic nitrogens is 3. The van der Waals surface area contributed by atoms with Crippen molar-refractivity contribution >= 4 is 17.7 Å². The van der Waals surface area contributed by atoms with Crippen molar-refractivity contribution < 1.29 is 4.79 Å². The molecule has 0 spiro atoms. The van der Waals surface area contributed by atoms with Crippen LogP contribution in [0.25, 0.3) is 11.4 Å². The van der Waals surface area contributed by atoms with Gasteiger partial charge in [-0.3, -0.25) is 4.79 Å². The molecule has 25 heavy (non-hydrogen) atoms. The lowest BCUT2D eigenvalue weighted by Gasteiger charge is -2.31. The Morgan fingerprint density at radius 3 is 2.76 bits per heavy atom. The Morgan fingerprint density at radius 2 is 2.04 bits per heavy atom. The molecular formula is C19H26N4OS. The molecule has 0 bridgehead atoms. The maximum absolute atomic E-state index is 12.5. The number of carbonyl (C=O) groups is 1. The van der Waals surface area contributed by atoms with Crippen LogP contribution < -0.4 is 0 Å². The highest BCUT2D eigenvalue weighted by atomic mass is 32.2. The molecule has 1 heterocycles. The van der Waals surface area contributed by atoms with Crippen molar-refractivity contribution in [1.82, 2.24) is 19.7 Å². The second-order valence-electron chi connectivity index (χ2n) is 6.82. The maximum atomic E-state index is 12.5. The summed E-state index contributed by atoms with van der Waals surface area (Å²) in [4.78, 5) is 14.4. The van der Waals surface area contributed by atoms with Crippen LogP contribution in [0, 0.1) is 6.92 Å². The molecule has 3 rings (SSSR count). The Hall–Kier alpha value is -1.82. The molecular weight excluding hydrogens is 332 g/mol. The predicted molar refractivity (Wildman–Crippen MR) is 102 cm³/mol. The van der Waals surface area contributed by atoms with Crippen LogP contribution in [-0.2, 0) is 11.8 Å². The van der Waals surface area contributed by atoms with Crippen LogP contribution in [0.3, 0.4) is 0 Å². The van der Waals surface area contributed by atoms with Gasteiger partial charge in [0.05, 0.1) is 5.75 Å². The summed E-state index contributed by atoms with van der Waals surface area (Å²) < 4.78 is 1.97. The van der Waals surface area contributed by atoms with Gasteiger partial charge in [0.25, 0.3) is 0 Å². The van der Waals surface area contributed by atoms with Crippen LogP contribution in [0.2, 0.25) is 0 Å². The third-order valence-electron chi connectivity index (χ3n) is 4.95. The summed E-state index contributed by atoms with van der Waals surface area (Å²) in [6.45, 7) is 2.06. The molecule has 1 aromatic carbocycles. The van der Waals surface area contributed by atoms with Crippen molar-refractivity contribution in [2.24, 2.45) is 7.05 Å². The molecule has 6 heteroatoms. The van der Waals surface area contributed by atoms with Gasteiger partial charge in [-0.1, -0.05) is 54.8 Å². The smallest absolute Gasteiger partial charge is 0.233 e. The molecule has 0 aliphatic heterocycles. The van der Waals surface area contributed by atoms with E-state index in [4.69, 9.17) is 0 Å². The third-order valence-corrected chi connectivity index (χ3v) is 5.96. The third kappa shape index (κ3) is 4.24. The number of hydrogen-bond donors (Lipinski definition) is 0. The Balaban J connectivity index is 1.63. The number of hydrogen-bond acceptors (Lipinski definition) is 4. The number of aryl methyl sites for hydroxylation is 1. The largest absolute Gasteiger partial charge is 0.342 e. The zero-order valence-electron chi connectivity index (χ0n) is 15.2. The Morgan fingerprint density at radius 1 is 1.28 bits per heavy atom. The molecule has 1 amide bonds. The monoisotopic (exact) mass is 358 g/mol. The van der Waals surface area contributed by atoms with Crippen molar-refractivity contribution in [3.05, 3.63) is 29.8 Å². The SMILES string of the molecule is Cc1cccc(-c2nnc(SCC(=O)N(C)C3CCCCC3)n2C)c1. The van der Waals surface area contributed by atoms with Gasteiger partial charge >= 0.3 is 0 Å². The summed E-state index contributed by atoms with van der Waals surface area (Å²) in [6, 6.07) is 8.63. The van der Waals surface area contributed by atoms with Gasteiger partial charge in [0.2, 0.25) is 5.91 Å². The molecule has 0 radical (unpaired) electrons. The molecule has 0 saturated heterocycles. The van der Waals surface area contributed by atoms with Crippen LogP contribution in [0.1, 0.15) is 37.7 Å². The zero-order chi connectivity index (χ0) is 17.8. The van der Waals surface area contributed by atoms with Gasteiger partial charge in [-0.25, -0.2) is 0 Å². The minimum absolute atomic E-state index is 0.178. The van der Waals surface area contributed by atoms with Crippen molar-refractivity contribution in [1.29, 1.82) is 0 Å². The first-order valence-electron chi connectivity index (χ1n) is 8.91. The van der Waals surface area contributed by atoms with Crippen molar-refractivity contribution in [3.8, 4) is 11.4 Å². The van der Waals surface area contributed by atoms with Crippen LogP contribution >= 0.6 is 11.8 Å². The molecule has 0 unspecified atom stereocenters. The Labute approximate surface area is 153 Å². The standard InChI is InChI=1S/C19H26N4OS/c1-14-8-7-9-15(12-14)18-20-21-19(23(18)3)25-13-17(24)22(2)16-10-5-4-6-11-16/h7-9,12,16H,4-6,10-11,13H2,1-3H3. The Bertz CT molecular complexity index is 737. The molecule has 1 aliphatic carbocycles. The van der Waals surface area contributed by atoms with E-state index < -0.39 is 0 Å². The molecule has 134 valence electrons. The average Bonchev–Trinajstić information content (AvgIpc) is 3.00. The van der Waals surface area contributed by atoms with Crippen molar-refractivity contribution in [3.63, 3.8) is 0 Å². The van der Waals surface area contributed by atoms with Gasteiger partial charge in [-0.15, -0.1) is 10.2 Å². The predicted octanol–water partition coefficient (Wildman–Crippen LogP) is 3.67. The fourth-order valence-corrected chi connectivity index (χ4v) is 4.21. The van der Waals surface area contributed by atoms with Gasteiger partial charge in [-0.2, -0.15) is 0 Å². The molecule has 0 atom stereocenters. The summed E-state index contributed by atoms with van der Waals surface area (Å²) in [5, 5.41) is 9.36. The molecule has 1 aliphatic rings. The van der Waals surface area contributed by atoms with E-state index in [2.05, 4.69) is 29.3 Å². The highest BCUT2D eigenvalue weighted by Gasteiger charge is 2.22. The van der Waals surface area contributed by atoms with E-state index in [1.165, 1.54) is 36.6 Å². The highest BCUT2D eigenvalue weighted by Crippen LogP contribution is 2.25. The second-order valence-corrected chi connectivity index (χ2v) is 7.76. The first kappa shape index (κ1) is 18.0. The van der Waals surface area contributed by atoms with Crippen molar-refractivity contribution in [2.75, 3.05) is 12.8 Å². The highest BCUT2D eigenvalue weighted by molar-refractivity contribution is 7.99. The van der Waals surface area contributed by atoms with Crippen molar-refractivity contribution in [2.45, 2.75) is 50.2 Å². The van der Waals surface area contributed by atoms with Crippen LogP contribution in [0.5, 0.6) is 0 Å². The van der Waals surface area contributed by atoms with Crippen LogP contribution in [-0.4, -0.2) is 44.4 Å². The zero-order valence-corrected chi connectivity index (χ0v) is 16.1. The maximum Gasteiger partial charge on any atom is 0.233 e. The lowest BCUT2D eigenvalue weighted by molar-refractivity contribution is -0.129. The molecule has 1 saturated carbocycles. The fraction of sp³-hybridized carbons (Fsp3) is 0.526. The summed E-state index contributed by atoms with van der Waals surface area (Å²) >= 11 is 1.47. The van der Waals surface area contributed by atoms with Gasteiger partial charge in [0.1, 0.15) is 0 Å². The van der Waals surface area contributed by atoms with Gasteiger partial charge < -0.3 is 9.47 Å². The quantitative estimate of drug-likeness (QED) is 0.765. The topological polar surface area (TPSA) is 51.0 Å². The summed E-state index contributed by atoms with van der Waals surface area (Å²) in [7, 11) is 3.89. The summed E-state index contributed by atoms with van der Waals surface area (Å²) in [5.41, 5.74) is 2.24. The number of rotatable bonds is 5. The van der Waals surface area contributed by atoms with E-state index in [0.29, 0.717) is 11.8 Å². The first-order chi connectivity index (χ1) is 12.1. The van der Waals surface area contributed by atoms with E-state index in [-0.39, 0.29) is 5.91 Å². The molecule has 1 fully saturated rings. The van der Waals surface area contributed by atoms with Gasteiger partial charge in [-0.05, 0) is 25.8 Å². The van der Waals surface area contributed by atoms with E-state index in [0.717, 1.165) is 29.4 Å². The average molecular weight is 359 g/mol. The second kappa shape index (κ2) is 8.04. The fourth-order valence-electron chi connectivity index (χ4n) is 3.38. The number of nitrogens with zero attached hydrogens (tertiary/aromatic N) is 4. The number of amides is 1. The molecule has 0 N–H and O–H groups in total. The van der Waals surface area contributed by atoms with E-state index in [1.54, 1.807) is 0 Å². The lowest BCUT2D eigenvalue weighted by atomic mass is 9.94. The normalized spacial score (nSPS) is 15.3. The lowest BCUT2D eigenvalue weighted by Crippen LogP contribution is -2.39. The molecule has 1 aromatic heterocycles. The molecule has 2 aromatic rings. The summed E-state index contributed by atoms with van der Waals surface area (Å²) in [6.07, 6.45) is 6.04. The van der Waals surface area contributed by atoms with Crippen LogP contribution in [0.15, 0.2) is 29.4 Å². The van der Waals surface area contributed by atoms with Gasteiger partial charge in [0.15, 0.2) is 11.0 Å². The minimum atomic E-state index is 0.178. The van der Waals surface area contributed by atoms with Gasteiger partial charge in [0, 0.05) is 25.7 Å². The van der Waals surface area contributed by atoms with E-state index in [1.807, 2.05) is 35.7 Å².